The van der Waals surface area contributed by atoms with E-state index in [9.17, 15) is 0 Å². The molecule has 0 aliphatic rings. The third kappa shape index (κ3) is 2.08. The Hall–Kier alpha value is -1.87. The average Bonchev–Trinajstić information content (AvgIpc) is 2.79. The third-order valence-electron chi connectivity index (χ3n) is 3.52. The molecule has 0 bridgehead atoms. The smallest absolute Gasteiger partial charge is 0.132 e. The Labute approximate surface area is 123 Å². The lowest BCUT2D eigenvalue weighted by molar-refractivity contribution is 0.868. The zero-order valence-electron chi connectivity index (χ0n) is 11.8. The van der Waals surface area contributed by atoms with Crippen LogP contribution in [-0.4, -0.2) is 14.5 Å². The van der Waals surface area contributed by atoms with Crippen LogP contribution in [0.4, 0.5) is 0 Å². The fourth-order valence-electron chi connectivity index (χ4n) is 2.50. The summed E-state index contributed by atoms with van der Waals surface area (Å²) in [6, 6.07) is 10.2. The van der Waals surface area contributed by atoms with Gasteiger partial charge in [-0.2, -0.15) is 0 Å². The zero-order valence-corrected chi connectivity index (χ0v) is 12.5. The van der Waals surface area contributed by atoms with Gasteiger partial charge in [-0.05, 0) is 11.5 Å². The Morgan fingerprint density at radius 3 is 2.70 bits per heavy atom. The van der Waals surface area contributed by atoms with Crippen molar-refractivity contribution in [3.05, 3.63) is 47.4 Å². The summed E-state index contributed by atoms with van der Waals surface area (Å²) < 4.78 is 1.96. The first-order valence-electron chi connectivity index (χ1n) is 6.65. The molecule has 0 atom stereocenters. The molecule has 0 spiro atoms. The number of nitrogens with zero attached hydrogens (tertiary/aromatic N) is 3. The van der Waals surface area contributed by atoms with Gasteiger partial charge in [-0.15, -0.1) is 0 Å². The first-order chi connectivity index (χ1) is 9.58. The summed E-state index contributed by atoms with van der Waals surface area (Å²) >= 11 is 6.18. The van der Waals surface area contributed by atoms with Crippen LogP contribution < -0.4 is 0 Å². The molecule has 3 rings (SSSR count). The van der Waals surface area contributed by atoms with Crippen LogP contribution in [-0.2, 0) is 7.05 Å². The molecule has 20 heavy (non-hydrogen) atoms. The minimum absolute atomic E-state index is 0.422. The number of imidazole rings is 1. The number of pyridine rings is 1. The van der Waals surface area contributed by atoms with E-state index in [1.54, 1.807) is 6.33 Å². The van der Waals surface area contributed by atoms with E-state index in [1.165, 1.54) is 5.56 Å². The van der Waals surface area contributed by atoms with Crippen molar-refractivity contribution in [1.29, 1.82) is 0 Å². The van der Waals surface area contributed by atoms with E-state index in [2.05, 4.69) is 42.0 Å². The van der Waals surface area contributed by atoms with Gasteiger partial charge in [0.15, 0.2) is 0 Å². The highest BCUT2D eigenvalue weighted by molar-refractivity contribution is 6.30. The molecule has 0 amide bonds. The SMILES string of the molecule is CC(C)c1ccccc1-c1nc(Cl)cc2c1ncn2C. The maximum atomic E-state index is 6.18. The first-order valence-corrected chi connectivity index (χ1v) is 7.02. The molecule has 0 unspecified atom stereocenters. The number of hydrogen-bond acceptors (Lipinski definition) is 2. The van der Waals surface area contributed by atoms with E-state index in [4.69, 9.17) is 11.6 Å². The van der Waals surface area contributed by atoms with Crippen LogP contribution in [0.25, 0.3) is 22.3 Å². The highest BCUT2D eigenvalue weighted by Crippen LogP contribution is 2.33. The van der Waals surface area contributed by atoms with Crippen molar-refractivity contribution in [2.75, 3.05) is 0 Å². The number of halogens is 1. The average molecular weight is 286 g/mol. The topological polar surface area (TPSA) is 30.7 Å². The van der Waals surface area contributed by atoms with Crippen LogP contribution >= 0.6 is 11.6 Å². The summed E-state index contributed by atoms with van der Waals surface area (Å²) in [7, 11) is 1.96. The van der Waals surface area contributed by atoms with E-state index < -0.39 is 0 Å². The molecule has 0 N–H and O–H groups in total. The Morgan fingerprint density at radius 1 is 1.20 bits per heavy atom. The monoisotopic (exact) mass is 285 g/mol. The van der Waals surface area contributed by atoms with Crippen molar-refractivity contribution in [3.63, 3.8) is 0 Å². The number of fused-ring (bicyclic) bond motifs is 1. The van der Waals surface area contributed by atoms with Crippen molar-refractivity contribution < 1.29 is 0 Å². The maximum Gasteiger partial charge on any atom is 0.132 e. The highest BCUT2D eigenvalue weighted by atomic mass is 35.5. The van der Waals surface area contributed by atoms with E-state index in [1.807, 2.05) is 23.7 Å². The van der Waals surface area contributed by atoms with Gasteiger partial charge in [-0.3, -0.25) is 0 Å². The van der Waals surface area contributed by atoms with Gasteiger partial charge in [-0.25, -0.2) is 9.97 Å². The van der Waals surface area contributed by atoms with E-state index in [0.717, 1.165) is 22.3 Å². The van der Waals surface area contributed by atoms with Crippen LogP contribution in [0.5, 0.6) is 0 Å². The highest BCUT2D eigenvalue weighted by Gasteiger charge is 2.15. The van der Waals surface area contributed by atoms with Gasteiger partial charge >= 0.3 is 0 Å². The molecule has 0 aliphatic carbocycles. The summed E-state index contributed by atoms with van der Waals surface area (Å²) in [5.74, 6) is 0.422. The van der Waals surface area contributed by atoms with Crippen LogP contribution in [0, 0.1) is 0 Å². The molecule has 0 saturated carbocycles. The number of aromatic nitrogens is 3. The summed E-state index contributed by atoms with van der Waals surface area (Å²) in [4.78, 5) is 9.00. The quantitative estimate of drug-likeness (QED) is 0.653. The Bertz CT molecular complexity index is 774. The molecule has 1 aromatic carbocycles. The summed E-state index contributed by atoms with van der Waals surface area (Å²) in [5, 5.41) is 0.495. The molecule has 2 aromatic heterocycles. The maximum absolute atomic E-state index is 6.18. The van der Waals surface area contributed by atoms with E-state index in [0.29, 0.717) is 11.1 Å². The fourth-order valence-corrected chi connectivity index (χ4v) is 2.69. The molecule has 4 heteroatoms. The molecular weight excluding hydrogens is 270 g/mol. The Balaban J connectivity index is 2.35. The summed E-state index contributed by atoms with van der Waals surface area (Å²) in [6.07, 6.45) is 1.80. The second-order valence-corrected chi connectivity index (χ2v) is 5.65. The lowest BCUT2D eigenvalue weighted by atomic mass is 9.95. The normalized spacial score (nSPS) is 11.4. The number of aryl methyl sites for hydroxylation is 1. The predicted molar refractivity (Wildman–Crippen MR) is 83.0 cm³/mol. The van der Waals surface area contributed by atoms with Gasteiger partial charge in [-0.1, -0.05) is 49.7 Å². The van der Waals surface area contributed by atoms with Gasteiger partial charge in [0.25, 0.3) is 0 Å². The van der Waals surface area contributed by atoms with Crippen molar-refractivity contribution in [1.82, 2.24) is 14.5 Å². The number of hydrogen-bond donors (Lipinski definition) is 0. The molecule has 0 fully saturated rings. The fraction of sp³-hybridized carbons (Fsp3) is 0.250. The molecule has 0 radical (unpaired) electrons. The van der Waals surface area contributed by atoms with Gasteiger partial charge in [0.1, 0.15) is 16.4 Å². The van der Waals surface area contributed by atoms with Crippen molar-refractivity contribution >= 4 is 22.6 Å². The molecule has 2 heterocycles. The molecule has 3 aromatic rings. The van der Waals surface area contributed by atoms with Crippen molar-refractivity contribution in [2.45, 2.75) is 19.8 Å². The van der Waals surface area contributed by atoms with Crippen LogP contribution in [0.1, 0.15) is 25.3 Å². The van der Waals surface area contributed by atoms with Gasteiger partial charge in [0, 0.05) is 18.7 Å². The lowest BCUT2D eigenvalue weighted by Crippen LogP contribution is -1.96. The minimum Gasteiger partial charge on any atom is -0.334 e. The minimum atomic E-state index is 0.422. The number of benzene rings is 1. The lowest BCUT2D eigenvalue weighted by Gasteiger charge is -2.12. The zero-order chi connectivity index (χ0) is 14.3. The Kier molecular flexibility index (Phi) is 3.22. The second kappa shape index (κ2) is 4.91. The van der Waals surface area contributed by atoms with Crippen LogP contribution in [0.2, 0.25) is 5.15 Å². The standard InChI is InChI=1S/C16H16ClN3/c1-10(2)11-6-4-5-7-12(11)15-16-13(8-14(17)19-15)20(3)9-18-16/h4-10H,1-3H3. The predicted octanol–water partition coefficient (Wildman–Crippen LogP) is 4.41. The van der Waals surface area contributed by atoms with Gasteiger partial charge in [0.2, 0.25) is 0 Å². The largest absolute Gasteiger partial charge is 0.334 e. The Morgan fingerprint density at radius 2 is 1.95 bits per heavy atom. The first kappa shape index (κ1) is 13.1. The van der Waals surface area contributed by atoms with Gasteiger partial charge < -0.3 is 4.57 Å². The molecule has 0 saturated heterocycles. The van der Waals surface area contributed by atoms with E-state index in [-0.39, 0.29) is 0 Å². The van der Waals surface area contributed by atoms with Crippen LogP contribution in [0.15, 0.2) is 36.7 Å². The summed E-state index contributed by atoms with van der Waals surface area (Å²) in [5.41, 5.74) is 5.11. The third-order valence-corrected chi connectivity index (χ3v) is 3.71. The van der Waals surface area contributed by atoms with E-state index >= 15 is 0 Å². The van der Waals surface area contributed by atoms with Crippen molar-refractivity contribution in [3.8, 4) is 11.3 Å². The second-order valence-electron chi connectivity index (χ2n) is 5.26. The summed E-state index contributed by atoms with van der Waals surface area (Å²) in [6.45, 7) is 4.36. The van der Waals surface area contributed by atoms with Crippen LogP contribution in [0.3, 0.4) is 0 Å². The van der Waals surface area contributed by atoms with Gasteiger partial charge in [0.05, 0.1) is 11.8 Å². The molecular formula is C16H16ClN3. The number of rotatable bonds is 2. The molecule has 102 valence electrons. The van der Waals surface area contributed by atoms with Crippen molar-refractivity contribution in [2.24, 2.45) is 7.05 Å². The molecule has 3 nitrogen and oxygen atoms in total. The molecule has 0 aliphatic heterocycles.